The Labute approximate surface area is 137 Å². The second kappa shape index (κ2) is 8.14. The number of carboxylic acids is 1. The highest BCUT2D eigenvalue weighted by atomic mass is 16.5. The lowest BCUT2D eigenvalue weighted by Gasteiger charge is -2.25. The van der Waals surface area contributed by atoms with Crippen LogP contribution in [0.4, 0.5) is 0 Å². The van der Waals surface area contributed by atoms with Crippen molar-refractivity contribution in [3.05, 3.63) is 34.9 Å². The minimum atomic E-state index is -0.876. The Bertz CT molecular complexity index is 552. The SMILES string of the molecule is CC(C)CCCOC(=O)C1CCC2=CCC(C(=O)O)=CC=C2C1. The van der Waals surface area contributed by atoms with E-state index in [0.29, 0.717) is 30.9 Å². The molecule has 0 amide bonds. The van der Waals surface area contributed by atoms with E-state index in [4.69, 9.17) is 9.84 Å². The highest BCUT2D eigenvalue weighted by Crippen LogP contribution is 2.35. The first-order valence-corrected chi connectivity index (χ1v) is 8.46. The van der Waals surface area contributed by atoms with E-state index in [1.165, 1.54) is 5.57 Å². The van der Waals surface area contributed by atoms with E-state index in [-0.39, 0.29) is 11.9 Å². The van der Waals surface area contributed by atoms with Crippen molar-refractivity contribution in [3.63, 3.8) is 0 Å². The van der Waals surface area contributed by atoms with Crippen molar-refractivity contribution in [3.8, 4) is 0 Å². The predicted octanol–water partition coefficient (Wildman–Crippen LogP) is 4.03. The van der Waals surface area contributed by atoms with Gasteiger partial charge in [0, 0.05) is 5.57 Å². The van der Waals surface area contributed by atoms with Crippen molar-refractivity contribution >= 4 is 11.9 Å². The minimum absolute atomic E-state index is 0.0998. The molecular formula is C19H26O4. The third-order valence-corrected chi connectivity index (χ3v) is 4.47. The molecule has 0 aromatic heterocycles. The molecule has 0 bridgehead atoms. The molecule has 0 saturated heterocycles. The molecule has 23 heavy (non-hydrogen) atoms. The number of carboxylic acid groups (broad SMARTS) is 1. The molecule has 1 saturated carbocycles. The molecule has 4 nitrogen and oxygen atoms in total. The van der Waals surface area contributed by atoms with Crippen molar-refractivity contribution in [2.24, 2.45) is 11.8 Å². The van der Waals surface area contributed by atoms with Crippen molar-refractivity contribution < 1.29 is 19.4 Å². The average Bonchev–Trinajstić information content (AvgIpc) is 2.73. The summed E-state index contributed by atoms with van der Waals surface area (Å²) in [6.07, 6.45) is 10.2. The quantitative estimate of drug-likeness (QED) is 0.593. The molecule has 0 radical (unpaired) electrons. The van der Waals surface area contributed by atoms with Gasteiger partial charge in [0.25, 0.3) is 0 Å². The van der Waals surface area contributed by atoms with Gasteiger partial charge in [0.05, 0.1) is 12.5 Å². The molecular weight excluding hydrogens is 292 g/mol. The van der Waals surface area contributed by atoms with E-state index in [0.717, 1.165) is 31.3 Å². The molecule has 0 aromatic carbocycles. The fourth-order valence-corrected chi connectivity index (χ4v) is 3.04. The van der Waals surface area contributed by atoms with Crippen LogP contribution in [-0.2, 0) is 14.3 Å². The van der Waals surface area contributed by atoms with E-state index in [1.807, 2.05) is 12.2 Å². The second-order valence-corrected chi connectivity index (χ2v) is 6.77. The molecule has 1 unspecified atom stereocenters. The molecule has 0 heterocycles. The Morgan fingerprint density at radius 3 is 2.78 bits per heavy atom. The summed E-state index contributed by atoms with van der Waals surface area (Å²) in [5.74, 6) is -0.460. The zero-order valence-corrected chi connectivity index (χ0v) is 14.0. The van der Waals surface area contributed by atoms with Crippen LogP contribution in [0.3, 0.4) is 0 Å². The van der Waals surface area contributed by atoms with E-state index < -0.39 is 5.97 Å². The molecule has 1 fully saturated rings. The summed E-state index contributed by atoms with van der Waals surface area (Å²) in [5, 5.41) is 9.10. The van der Waals surface area contributed by atoms with Crippen LogP contribution in [0.5, 0.6) is 0 Å². The Morgan fingerprint density at radius 1 is 1.30 bits per heavy atom. The number of fused-ring (bicyclic) bond motifs is 1. The number of carbonyl (C=O) groups excluding carboxylic acids is 1. The number of aliphatic carboxylic acids is 1. The predicted molar refractivity (Wildman–Crippen MR) is 88.9 cm³/mol. The topological polar surface area (TPSA) is 63.6 Å². The third-order valence-electron chi connectivity index (χ3n) is 4.47. The van der Waals surface area contributed by atoms with Gasteiger partial charge in [-0.05, 0) is 55.6 Å². The fraction of sp³-hybridized carbons (Fsp3) is 0.579. The largest absolute Gasteiger partial charge is 0.478 e. The Morgan fingerprint density at radius 2 is 2.09 bits per heavy atom. The maximum absolute atomic E-state index is 12.2. The zero-order valence-electron chi connectivity index (χ0n) is 14.0. The average molecular weight is 318 g/mol. The highest BCUT2D eigenvalue weighted by molar-refractivity contribution is 5.87. The first kappa shape index (κ1) is 17.5. The summed E-state index contributed by atoms with van der Waals surface area (Å²) in [4.78, 5) is 23.3. The summed E-state index contributed by atoms with van der Waals surface area (Å²) in [6.45, 7) is 4.82. The van der Waals surface area contributed by atoms with Gasteiger partial charge in [-0.1, -0.05) is 32.1 Å². The molecule has 0 aromatic rings. The number of ether oxygens (including phenoxy) is 1. The zero-order chi connectivity index (χ0) is 16.8. The van der Waals surface area contributed by atoms with E-state index in [9.17, 15) is 9.59 Å². The lowest BCUT2D eigenvalue weighted by Crippen LogP contribution is -2.22. The van der Waals surface area contributed by atoms with Crippen LogP contribution in [0.1, 0.15) is 52.4 Å². The monoisotopic (exact) mass is 318 g/mol. The maximum atomic E-state index is 12.2. The summed E-state index contributed by atoms with van der Waals surface area (Å²) < 4.78 is 5.41. The Kier molecular flexibility index (Phi) is 6.20. The van der Waals surface area contributed by atoms with Crippen LogP contribution in [0, 0.1) is 11.8 Å². The molecule has 2 rings (SSSR count). The molecule has 0 spiro atoms. The van der Waals surface area contributed by atoms with E-state index >= 15 is 0 Å². The van der Waals surface area contributed by atoms with Gasteiger partial charge in [-0.3, -0.25) is 4.79 Å². The van der Waals surface area contributed by atoms with Crippen LogP contribution in [-0.4, -0.2) is 23.7 Å². The molecule has 126 valence electrons. The lowest BCUT2D eigenvalue weighted by molar-refractivity contribution is -0.149. The van der Waals surface area contributed by atoms with Gasteiger partial charge in [-0.15, -0.1) is 0 Å². The molecule has 2 aliphatic rings. The second-order valence-electron chi connectivity index (χ2n) is 6.77. The van der Waals surface area contributed by atoms with E-state index in [1.54, 1.807) is 6.08 Å². The van der Waals surface area contributed by atoms with Crippen LogP contribution in [0.25, 0.3) is 0 Å². The van der Waals surface area contributed by atoms with Gasteiger partial charge in [-0.2, -0.15) is 0 Å². The molecule has 0 aliphatic heterocycles. The Hall–Kier alpha value is -1.84. The maximum Gasteiger partial charge on any atom is 0.331 e. The van der Waals surface area contributed by atoms with Gasteiger partial charge in [-0.25, -0.2) is 4.79 Å². The Balaban J connectivity index is 1.90. The number of esters is 1. The van der Waals surface area contributed by atoms with Crippen LogP contribution < -0.4 is 0 Å². The molecule has 2 aliphatic carbocycles. The smallest absolute Gasteiger partial charge is 0.331 e. The van der Waals surface area contributed by atoms with Crippen LogP contribution in [0.15, 0.2) is 34.9 Å². The van der Waals surface area contributed by atoms with Gasteiger partial charge < -0.3 is 9.84 Å². The third kappa shape index (κ3) is 5.08. The number of rotatable bonds is 6. The number of carbonyl (C=O) groups is 2. The first-order chi connectivity index (χ1) is 11.0. The standard InChI is InChI=1S/C19H26O4/c1-13(2)4-3-11-23-19(22)17-10-6-14-5-7-15(18(20)21)8-9-16(14)12-17/h5,8-9,13,17H,3-4,6-7,10-12H2,1-2H3,(H,20,21). The van der Waals surface area contributed by atoms with Crippen molar-refractivity contribution in [2.45, 2.75) is 52.4 Å². The fourth-order valence-electron chi connectivity index (χ4n) is 3.04. The van der Waals surface area contributed by atoms with Crippen molar-refractivity contribution in [2.75, 3.05) is 6.61 Å². The van der Waals surface area contributed by atoms with Crippen molar-refractivity contribution in [1.29, 1.82) is 0 Å². The number of allylic oxidation sites excluding steroid dienone is 5. The van der Waals surface area contributed by atoms with Crippen LogP contribution in [0.2, 0.25) is 0 Å². The number of hydrogen-bond acceptors (Lipinski definition) is 3. The minimum Gasteiger partial charge on any atom is -0.478 e. The summed E-state index contributed by atoms with van der Waals surface area (Å²) in [5.41, 5.74) is 2.66. The number of hydrogen-bond donors (Lipinski definition) is 1. The first-order valence-electron chi connectivity index (χ1n) is 8.46. The normalized spacial score (nSPS) is 20.8. The van der Waals surface area contributed by atoms with Crippen molar-refractivity contribution in [1.82, 2.24) is 0 Å². The van der Waals surface area contributed by atoms with Gasteiger partial charge in [0.2, 0.25) is 0 Å². The summed E-state index contributed by atoms with van der Waals surface area (Å²) in [6, 6.07) is 0. The van der Waals surface area contributed by atoms with E-state index in [2.05, 4.69) is 13.8 Å². The highest BCUT2D eigenvalue weighted by Gasteiger charge is 2.28. The lowest BCUT2D eigenvalue weighted by atomic mass is 9.81. The molecule has 4 heteroatoms. The molecule has 1 atom stereocenters. The summed E-state index contributed by atoms with van der Waals surface area (Å²) >= 11 is 0. The van der Waals surface area contributed by atoms with Gasteiger partial charge in [0.1, 0.15) is 0 Å². The van der Waals surface area contributed by atoms with Gasteiger partial charge >= 0.3 is 11.9 Å². The summed E-state index contributed by atoms with van der Waals surface area (Å²) in [7, 11) is 0. The van der Waals surface area contributed by atoms with Crippen LogP contribution >= 0.6 is 0 Å². The molecule has 1 N–H and O–H groups in total. The van der Waals surface area contributed by atoms with Gasteiger partial charge in [0.15, 0.2) is 0 Å².